The van der Waals surface area contributed by atoms with Gasteiger partial charge in [0.05, 0.1) is 0 Å². The molecule has 1 saturated carbocycles. The molecule has 1 saturated heterocycles. The summed E-state index contributed by atoms with van der Waals surface area (Å²) in [7, 11) is 0. The van der Waals surface area contributed by atoms with Gasteiger partial charge in [0.25, 0.3) is 0 Å². The first-order chi connectivity index (χ1) is 9.70. The Morgan fingerprint density at radius 3 is 2.80 bits per heavy atom. The van der Waals surface area contributed by atoms with E-state index >= 15 is 0 Å². The van der Waals surface area contributed by atoms with Crippen LogP contribution < -0.4 is 5.32 Å². The number of piperazine rings is 1. The number of rotatable bonds is 2. The maximum atomic E-state index is 13.5. The Morgan fingerprint density at radius 2 is 2.05 bits per heavy atom. The van der Waals surface area contributed by atoms with Crippen LogP contribution in [0.5, 0.6) is 5.75 Å². The normalized spacial score (nSPS) is 23.1. The van der Waals surface area contributed by atoms with E-state index in [4.69, 9.17) is 0 Å². The summed E-state index contributed by atoms with van der Waals surface area (Å²) in [5, 5.41) is 12.8. The summed E-state index contributed by atoms with van der Waals surface area (Å²) in [6.07, 6.45) is 6.40. The van der Waals surface area contributed by atoms with Crippen molar-refractivity contribution in [3.63, 3.8) is 0 Å². The molecule has 4 heteroatoms. The van der Waals surface area contributed by atoms with Gasteiger partial charge in [0.2, 0.25) is 0 Å². The van der Waals surface area contributed by atoms with Crippen LogP contribution in [0.2, 0.25) is 0 Å². The number of nitrogens with zero attached hydrogens (tertiary/aromatic N) is 1. The van der Waals surface area contributed by atoms with Crippen LogP contribution in [0.15, 0.2) is 18.2 Å². The fraction of sp³-hybridized carbons (Fsp3) is 0.625. The molecule has 2 fully saturated rings. The van der Waals surface area contributed by atoms with Gasteiger partial charge in [0.1, 0.15) is 0 Å². The van der Waals surface area contributed by atoms with Crippen molar-refractivity contribution in [3.8, 4) is 5.75 Å². The highest BCUT2D eigenvalue weighted by Gasteiger charge is 2.39. The fourth-order valence-electron chi connectivity index (χ4n) is 3.70. The van der Waals surface area contributed by atoms with Crippen molar-refractivity contribution in [2.75, 3.05) is 19.6 Å². The topological polar surface area (TPSA) is 35.5 Å². The standard InChI is InChI=1S/C16H23FN2O/c17-14-10-13(4-5-15(14)20)11-19-9-8-18-12-16(19)6-2-1-3-7-16/h4-5,10,18,20H,1-3,6-9,11-12H2. The van der Waals surface area contributed by atoms with E-state index in [-0.39, 0.29) is 11.3 Å². The van der Waals surface area contributed by atoms with Crippen LogP contribution in [-0.2, 0) is 6.54 Å². The lowest BCUT2D eigenvalue weighted by atomic mass is 9.79. The van der Waals surface area contributed by atoms with Gasteiger partial charge >= 0.3 is 0 Å². The van der Waals surface area contributed by atoms with E-state index in [1.807, 2.05) is 6.07 Å². The highest BCUT2D eigenvalue weighted by molar-refractivity contribution is 5.28. The molecule has 20 heavy (non-hydrogen) atoms. The van der Waals surface area contributed by atoms with Crippen molar-refractivity contribution >= 4 is 0 Å². The minimum absolute atomic E-state index is 0.255. The number of aromatic hydroxyl groups is 1. The van der Waals surface area contributed by atoms with Gasteiger partial charge in [-0.1, -0.05) is 25.3 Å². The molecule has 1 aromatic carbocycles. The van der Waals surface area contributed by atoms with Gasteiger partial charge in [-0.05, 0) is 30.5 Å². The molecule has 1 heterocycles. The predicted molar refractivity (Wildman–Crippen MR) is 77.2 cm³/mol. The Hall–Kier alpha value is -1.13. The third-order valence-corrected chi connectivity index (χ3v) is 4.85. The zero-order chi connectivity index (χ0) is 14.0. The average Bonchev–Trinajstić information content (AvgIpc) is 2.47. The van der Waals surface area contributed by atoms with Crippen molar-refractivity contribution in [1.29, 1.82) is 0 Å². The molecular formula is C16H23FN2O. The Labute approximate surface area is 119 Å². The first-order valence-corrected chi connectivity index (χ1v) is 7.63. The van der Waals surface area contributed by atoms with E-state index in [0.717, 1.165) is 31.7 Å². The third-order valence-electron chi connectivity index (χ3n) is 4.85. The summed E-state index contributed by atoms with van der Waals surface area (Å²) >= 11 is 0. The van der Waals surface area contributed by atoms with Crippen molar-refractivity contribution in [1.82, 2.24) is 10.2 Å². The predicted octanol–water partition coefficient (Wildman–Crippen LogP) is 2.64. The molecule has 1 aromatic rings. The quantitative estimate of drug-likeness (QED) is 0.873. The molecule has 1 aliphatic carbocycles. The van der Waals surface area contributed by atoms with Crippen LogP contribution in [0.25, 0.3) is 0 Å². The van der Waals surface area contributed by atoms with Gasteiger partial charge in [-0.2, -0.15) is 0 Å². The zero-order valence-electron chi connectivity index (χ0n) is 11.9. The second-order valence-corrected chi connectivity index (χ2v) is 6.17. The largest absolute Gasteiger partial charge is 0.505 e. The van der Waals surface area contributed by atoms with Crippen LogP contribution in [-0.4, -0.2) is 35.2 Å². The monoisotopic (exact) mass is 278 g/mol. The van der Waals surface area contributed by atoms with Crippen LogP contribution in [0.4, 0.5) is 4.39 Å². The first-order valence-electron chi connectivity index (χ1n) is 7.63. The molecule has 2 N–H and O–H groups in total. The van der Waals surface area contributed by atoms with Gasteiger partial charge < -0.3 is 10.4 Å². The van der Waals surface area contributed by atoms with Gasteiger partial charge in [0, 0.05) is 31.7 Å². The van der Waals surface area contributed by atoms with Crippen molar-refractivity contribution in [3.05, 3.63) is 29.6 Å². The number of phenols is 1. The maximum absolute atomic E-state index is 13.5. The zero-order valence-corrected chi connectivity index (χ0v) is 11.9. The highest BCUT2D eigenvalue weighted by Crippen LogP contribution is 2.35. The van der Waals surface area contributed by atoms with E-state index in [1.165, 1.54) is 44.2 Å². The Bertz CT molecular complexity index is 463. The highest BCUT2D eigenvalue weighted by atomic mass is 19.1. The average molecular weight is 278 g/mol. The molecule has 1 aliphatic heterocycles. The molecule has 0 bridgehead atoms. The molecule has 3 rings (SSSR count). The van der Waals surface area contributed by atoms with E-state index in [1.54, 1.807) is 0 Å². The van der Waals surface area contributed by atoms with Crippen LogP contribution in [0.1, 0.15) is 37.7 Å². The van der Waals surface area contributed by atoms with Crippen molar-refractivity contribution in [2.45, 2.75) is 44.2 Å². The van der Waals surface area contributed by atoms with Gasteiger partial charge in [-0.25, -0.2) is 4.39 Å². The fourth-order valence-corrected chi connectivity index (χ4v) is 3.70. The number of hydrogen-bond donors (Lipinski definition) is 2. The molecule has 110 valence electrons. The molecule has 2 aliphatic rings. The van der Waals surface area contributed by atoms with E-state index in [9.17, 15) is 9.50 Å². The van der Waals surface area contributed by atoms with Crippen molar-refractivity contribution in [2.24, 2.45) is 0 Å². The Morgan fingerprint density at radius 1 is 1.25 bits per heavy atom. The molecule has 1 spiro atoms. The van der Waals surface area contributed by atoms with E-state index in [0.29, 0.717) is 0 Å². The third kappa shape index (κ3) is 2.67. The lowest BCUT2D eigenvalue weighted by Gasteiger charge is -2.50. The maximum Gasteiger partial charge on any atom is 0.165 e. The second-order valence-electron chi connectivity index (χ2n) is 6.17. The number of benzene rings is 1. The summed E-state index contributed by atoms with van der Waals surface area (Å²) in [5.41, 5.74) is 1.21. The van der Waals surface area contributed by atoms with Crippen LogP contribution in [0, 0.1) is 5.82 Å². The summed E-state index contributed by atoms with van der Waals surface area (Å²) in [4.78, 5) is 2.52. The molecule has 0 aromatic heterocycles. The molecule has 3 nitrogen and oxygen atoms in total. The van der Waals surface area contributed by atoms with Crippen LogP contribution >= 0.6 is 0 Å². The van der Waals surface area contributed by atoms with Crippen LogP contribution in [0.3, 0.4) is 0 Å². The van der Waals surface area contributed by atoms with Gasteiger partial charge in [0.15, 0.2) is 11.6 Å². The van der Waals surface area contributed by atoms with E-state index < -0.39 is 5.82 Å². The van der Waals surface area contributed by atoms with Gasteiger partial charge in [-0.3, -0.25) is 4.90 Å². The number of nitrogens with one attached hydrogen (secondary N) is 1. The lowest BCUT2D eigenvalue weighted by Crippen LogP contribution is -2.61. The Balaban J connectivity index is 1.77. The number of hydrogen-bond acceptors (Lipinski definition) is 3. The SMILES string of the molecule is Oc1ccc(CN2CCNCC23CCCCC3)cc1F. The molecule has 0 atom stereocenters. The smallest absolute Gasteiger partial charge is 0.165 e. The minimum atomic E-state index is -0.518. The van der Waals surface area contributed by atoms with Gasteiger partial charge in [-0.15, -0.1) is 0 Å². The number of halogens is 1. The molecular weight excluding hydrogens is 255 g/mol. The summed E-state index contributed by atoms with van der Waals surface area (Å²) < 4.78 is 13.5. The first kappa shape index (κ1) is 13.8. The van der Waals surface area contributed by atoms with Crippen molar-refractivity contribution < 1.29 is 9.50 Å². The molecule has 0 amide bonds. The summed E-state index contributed by atoms with van der Waals surface area (Å²) in [6.45, 7) is 3.84. The number of phenolic OH excluding ortho intramolecular Hbond substituents is 1. The molecule has 0 unspecified atom stereocenters. The summed E-state index contributed by atoms with van der Waals surface area (Å²) in [5.74, 6) is -0.781. The second kappa shape index (κ2) is 5.70. The van der Waals surface area contributed by atoms with E-state index in [2.05, 4.69) is 10.2 Å². The lowest BCUT2D eigenvalue weighted by molar-refractivity contribution is 0.0208. The summed E-state index contributed by atoms with van der Waals surface area (Å²) in [6, 6.07) is 4.76. The Kier molecular flexibility index (Phi) is 3.94. The molecule has 0 radical (unpaired) electrons. The minimum Gasteiger partial charge on any atom is -0.505 e.